The summed E-state index contributed by atoms with van der Waals surface area (Å²) < 4.78 is 17.9. The zero-order chi connectivity index (χ0) is 35.2. The van der Waals surface area contributed by atoms with E-state index in [0.29, 0.717) is 13.2 Å². The molecule has 5 rings (SSSR count). The van der Waals surface area contributed by atoms with Crippen LogP contribution in [0.25, 0.3) is 44.8 Å². The average Bonchev–Trinajstić information content (AvgIpc) is 3.74. The molecule has 9 nitrogen and oxygen atoms in total. The number of nitrogens with one attached hydrogen (secondary N) is 3. The van der Waals surface area contributed by atoms with Gasteiger partial charge in [-0.05, 0) is 108 Å². The molecule has 0 radical (unpaired) electrons. The maximum Gasteiger partial charge on any atom is 0.138 e. The topological polar surface area (TPSA) is 100 Å². The Morgan fingerprint density at radius 2 is 1.53 bits per heavy atom. The van der Waals surface area contributed by atoms with Crippen LogP contribution in [0.4, 0.5) is 5.69 Å². The van der Waals surface area contributed by atoms with E-state index in [2.05, 4.69) is 91.8 Å². The summed E-state index contributed by atoms with van der Waals surface area (Å²) in [4.78, 5) is 19.2. The monoisotopic (exact) mass is 688 g/mol. The first-order valence-corrected chi connectivity index (χ1v) is 19.6. The van der Waals surface area contributed by atoms with Crippen LogP contribution in [0.3, 0.4) is 0 Å². The molecule has 0 spiro atoms. The van der Waals surface area contributed by atoms with Crippen LogP contribution in [-0.4, -0.2) is 84.0 Å². The number of rotatable bonds is 19. The minimum Gasteiger partial charge on any atom is -0.493 e. The maximum absolute atomic E-state index is 6.01. The molecule has 2 unspecified atom stereocenters. The Morgan fingerprint density at radius 3 is 2.20 bits per heavy atom. The van der Waals surface area contributed by atoms with Crippen LogP contribution in [0.5, 0.6) is 5.75 Å². The molecule has 10 heteroatoms. The number of fused-ring (bicyclic) bond motifs is 2. The van der Waals surface area contributed by atoms with Crippen molar-refractivity contribution in [2.75, 3.05) is 57.3 Å². The van der Waals surface area contributed by atoms with Crippen LogP contribution in [0.2, 0.25) is 0 Å². The normalized spacial score (nSPS) is 12.5. The third-order valence-electron chi connectivity index (χ3n) is 8.41. The van der Waals surface area contributed by atoms with E-state index in [1.54, 1.807) is 0 Å². The summed E-state index contributed by atoms with van der Waals surface area (Å²) in [6.45, 7) is 22.0. The Hall–Kier alpha value is -3.49. The van der Waals surface area contributed by atoms with Gasteiger partial charge in [0.15, 0.2) is 0 Å². The summed E-state index contributed by atoms with van der Waals surface area (Å²) in [5.74, 6) is 2.50. The molecule has 0 aliphatic carbocycles. The Morgan fingerprint density at radius 1 is 0.878 bits per heavy atom. The number of imidazole rings is 2. The maximum atomic E-state index is 6.01. The van der Waals surface area contributed by atoms with E-state index in [1.807, 2.05) is 44.2 Å². The Bertz CT molecular complexity index is 1700. The van der Waals surface area contributed by atoms with Gasteiger partial charge in [0.25, 0.3) is 0 Å². The van der Waals surface area contributed by atoms with Crippen molar-refractivity contribution < 1.29 is 14.2 Å². The highest BCUT2D eigenvalue weighted by Crippen LogP contribution is 2.29. The van der Waals surface area contributed by atoms with Crippen molar-refractivity contribution in [1.82, 2.24) is 25.3 Å². The number of likely N-dealkylation sites (N-methyl/N-ethyl adjacent to an activating group) is 2. The quantitative estimate of drug-likeness (QED) is 0.0589. The predicted molar refractivity (Wildman–Crippen MR) is 209 cm³/mol. The number of aromatic amines is 2. The van der Waals surface area contributed by atoms with Gasteiger partial charge >= 0.3 is 0 Å². The van der Waals surface area contributed by atoms with E-state index in [4.69, 9.17) is 24.2 Å². The summed E-state index contributed by atoms with van der Waals surface area (Å²) in [5, 5.41) is 3.42. The van der Waals surface area contributed by atoms with E-state index in [-0.39, 0.29) is 11.7 Å². The second-order valence-electron chi connectivity index (χ2n) is 12.5. The van der Waals surface area contributed by atoms with Crippen molar-refractivity contribution in [1.29, 1.82) is 0 Å². The molecule has 2 aromatic heterocycles. The summed E-state index contributed by atoms with van der Waals surface area (Å²) >= 11 is 0. The number of aromatic nitrogens is 4. The molecule has 3 N–H and O–H groups in total. The second-order valence-corrected chi connectivity index (χ2v) is 13.5. The van der Waals surface area contributed by atoms with Crippen LogP contribution in [-0.2, 0) is 9.47 Å². The highest BCUT2D eigenvalue weighted by atomic mass is 31.1. The molecule has 49 heavy (non-hydrogen) atoms. The van der Waals surface area contributed by atoms with Gasteiger partial charge in [0.05, 0.1) is 46.7 Å². The van der Waals surface area contributed by atoms with Crippen molar-refractivity contribution in [3.8, 4) is 28.5 Å². The van der Waals surface area contributed by atoms with E-state index < -0.39 is 0 Å². The highest BCUT2D eigenvalue weighted by Gasteiger charge is 2.18. The van der Waals surface area contributed by atoms with Gasteiger partial charge in [-0.2, -0.15) is 0 Å². The van der Waals surface area contributed by atoms with Crippen LogP contribution < -0.4 is 15.0 Å². The highest BCUT2D eigenvalue weighted by molar-refractivity contribution is 7.36. The number of hydrogen-bond donors (Lipinski definition) is 3. The molecule has 266 valence electrons. The summed E-state index contributed by atoms with van der Waals surface area (Å²) in [7, 11) is 0.807. The number of H-pyrrole nitrogens is 2. The second kappa shape index (κ2) is 19.0. The summed E-state index contributed by atoms with van der Waals surface area (Å²) in [6.07, 6.45) is 2.64. The smallest absolute Gasteiger partial charge is 0.138 e. The summed E-state index contributed by atoms with van der Waals surface area (Å²) in [5.41, 5.74) is 6.94. The average molecular weight is 689 g/mol. The van der Waals surface area contributed by atoms with Crippen LogP contribution >= 0.6 is 8.58 Å². The lowest BCUT2D eigenvalue weighted by atomic mass is 10.1. The number of hydrogen-bond acceptors (Lipinski definition) is 7. The van der Waals surface area contributed by atoms with Gasteiger partial charge in [0.2, 0.25) is 0 Å². The third-order valence-corrected chi connectivity index (χ3v) is 8.84. The number of benzene rings is 3. The van der Waals surface area contributed by atoms with Gasteiger partial charge in [0.1, 0.15) is 17.4 Å². The number of nitrogens with zero attached hydrogens (tertiary/aromatic N) is 3. The molecule has 0 saturated carbocycles. The fourth-order valence-corrected chi connectivity index (χ4v) is 6.00. The number of anilines is 1. The fraction of sp³-hybridized carbons (Fsp3) is 0.487. The zero-order valence-corrected chi connectivity index (χ0v) is 31.8. The molecule has 0 aliphatic heterocycles. The van der Waals surface area contributed by atoms with E-state index >= 15 is 0 Å². The first kappa shape index (κ1) is 38.3. The molecule has 0 bridgehead atoms. The van der Waals surface area contributed by atoms with Crippen molar-refractivity contribution in [2.45, 2.75) is 73.0 Å². The van der Waals surface area contributed by atoms with Crippen LogP contribution in [0.1, 0.15) is 61.3 Å². The van der Waals surface area contributed by atoms with Crippen molar-refractivity contribution in [2.24, 2.45) is 0 Å². The van der Waals surface area contributed by atoms with Crippen LogP contribution in [0, 0.1) is 0 Å². The largest absolute Gasteiger partial charge is 0.493 e. The summed E-state index contributed by atoms with van der Waals surface area (Å²) in [6, 6.07) is 20.8. The molecule has 0 aliphatic rings. The van der Waals surface area contributed by atoms with Gasteiger partial charge in [-0.15, -0.1) is 0 Å². The van der Waals surface area contributed by atoms with Gasteiger partial charge in [-0.1, -0.05) is 29.4 Å². The van der Waals surface area contributed by atoms with Gasteiger partial charge in [-0.3, -0.25) is 0 Å². The van der Waals surface area contributed by atoms with Gasteiger partial charge in [-0.25, -0.2) is 9.97 Å². The van der Waals surface area contributed by atoms with Crippen LogP contribution in [0.15, 0.2) is 60.7 Å². The lowest BCUT2D eigenvalue weighted by molar-refractivity contribution is -0.0328. The molecular formula is C39H57N6O3P. The lowest BCUT2D eigenvalue weighted by Gasteiger charge is -2.25. The van der Waals surface area contributed by atoms with Gasteiger partial charge in [0, 0.05) is 49.5 Å². The lowest BCUT2D eigenvalue weighted by Crippen LogP contribution is -2.31. The van der Waals surface area contributed by atoms with E-state index in [1.165, 1.54) is 5.69 Å². The SMILES string of the molecule is CC.CCNCCN(CC)c1ccc2nc(-c3ccc4nc(-c5ccc(OCCC(C)OCCC(C)(C)OCPC)cc5)[nH]c4c3)[nH]c2c1. The Kier molecular flexibility index (Phi) is 14.9. The molecule has 2 atom stereocenters. The predicted octanol–water partition coefficient (Wildman–Crippen LogP) is 8.86. The first-order chi connectivity index (χ1) is 23.8. The molecule has 0 fully saturated rings. The number of ether oxygens (including phenoxy) is 3. The minimum atomic E-state index is -0.148. The molecule has 0 saturated heterocycles. The molecule has 2 heterocycles. The molecular weight excluding hydrogens is 631 g/mol. The van der Waals surface area contributed by atoms with Crippen molar-refractivity contribution in [3.63, 3.8) is 0 Å². The minimum absolute atomic E-state index is 0.125. The van der Waals surface area contributed by atoms with Crippen molar-refractivity contribution >= 4 is 36.3 Å². The van der Waals surface area contributed by atoms with E-state index in [0.717, 1.165) is 105 Å². The zero-order valence-electron chi connectivity index (χ0n) is 30.8. The van der Waals surface area contributed by atoms with Gasteiger partial charge < -0.3 is 34.4 Å². The molecule has 3 aromatic carbocycles. The fourth-order valence-electron chi connectivity index (χ4n) is 5.47. The Balaban J connectivity index is 0.00000265. The Labute approximate surface area is 294 Å². The van der Waals surface area contributed by atoms with E-state index in [9.17, 15) is 0 Å². The molecule has 5 aromatic rings. The molecule has 0 amide bonds. The third kappa shape index (κ3) is 11.0. The first-order valence-electron chi connectivity index (χ1n) is 17.9. The van der Waals surface area contributed by atoms with Crippen molar-refractivity contribution in [3.05, 3.63) is 60.7 Å². The standard InChI is InChI=1S/C37H51N6O3P.C2H6/c1-7-38-19-20-43(8-2)29-12-16-32-34(24-29)42-36(40-32)28-11-15-31-33(23-28)41-35(39-31)27-9-13-30(14-10-27)45-21-17-26(3)44-22-18-37(4,5)46-25-47-6;1-2/h9-16,23-24,26,38,47H,7-8,17-22,25H2,1-6H3,(H,39,41)(H,40,42);1-2H3.